The Balaban J connectivity index is 0.00000126. The zero-order valence-corrected chi connectivity index (χ0v) is 15.8. The molecule has 27 heavy (non-hydrogen) atoms. The molecule has 148 valence electrons. The normalized spacial score (nSPS) is 18.3. The van der Waals surface area contributed by atoms with Crippen molar-refractivity contribution in [3.8, 4) is 5.75 Å². The number of benzene rings is 1. The minimum Gasteiger partial charge on any atom is -0.492 e. The molecule has 1 aliphatic heterocycles. The fraction of sp³-hybridized carbons (Fsp3) is 0.476. The minimum atomic E-state index is -2.56. The van der Waals surface area contributed by atoms with Crippen LogP contribution in [0, 0.1) is 11.7 Å². The van der Waals surface area contributed by atoms with Gasteiger partial charge in [0.2, 0.25) is 11.8 Å². The summed E-state index contributed by atoms with van der Waals surface area (Å²) < 4.78 is 46.5. The van der Waals surface area contributed by atoms with Crippen molar-refractivity contribution >= 4 is 17.7 Å². The number of anilines is 1. The first kappa shape index (κ1) is 21.1. The van der Waals surface area contributed by atoms with Gasteiger partial charge in [0, 0.05) is 30.4 Å². The SMILES string of the molecule is C=CC(=O)Nc1cc(/C=C/C2CCC(F)(F)CC2)c2c(c1F)CCO2.CC. The molecule has 3 rings (SSSR count). The highest BCUT2D eigenvalue weighted by Gasteiger charge is 2.34. The van der Waals surface area contributed by atoms with Crippen molar-refractivity contribution in [2.75, 3.05) is 11.9 Å². The number of fused-ring (bicyclic) bond motifs is 1. The second-order valence-corrected chi connectivity index (χ2v) is 6.48. The lowest BCUT2D eigenvalue weighted by molar-refractivity contribution is -0.111. The fourth-order valence-corrected chi connectivity index (χ4v) is 3.26. The highest BCUT2D eigenvalue weighted by Crippen LogP contribution is 2.39. The molecule has 1 aromatic rings. The van der Waals surface area contributed by atoms with Crippen LogP contribution < -0.4 is 10.1 Å². The lowest BCUT2D eigenvalue weighted by Crippen LogP contribution is -2.23. The van der Waals surface area contributed by atoms with Crippen molar-refractivity contribution < 1.29 is 22.7 Å². The number of hydrogen-bond acceptors (Lipinski definition) is 2. The van der Waals surface area contributed by atoms with Crippen molar-refractivity contribution in [3.63, 3.8) is 0 Å². The Morgan fingerprint density at radius 1 is 1.33 bits per heavy atom. The van der Waals surface area contributed by atoms with Crippen LogP contribution in [0.3, 0.4) is 0 Å². The van der Waals surface area contributed by atoms with E-state index in [-0.39, 0.29) is 24.4 Å². The zero-order chi connectivity index (χ0) is 20.0. The second-order valence-electron chi connectivity index (χ2n) is 6.48. The van der Waals surface area contributed by atoms with Gasteiger partial charge in [0.1, 0.15) is 5.75 Å². The lowest BCUT2D eigenvalue weighted by Gasteiger charge is -2.26. The van der Waals surface area contributed by atoms with Crippen molar-refractivity contribution in [1.82, 2.24) is 0 Å². The molecule has 6 heteroatoms. The summed E-state index contributed by atoms with van der Waals surface area (Å²) in [5, 5.41) is 2.46. The highest BCUT2D eigenvalue weighted by atomic mass is 19.3. The van der Waals surface area contributed by atoms with Crippen LogP contribution in [0.4, 0.5) is 18.9 Å². The molecule has 3 nitrogen and oxygen atoms in total. The van der Waals surface area contributed by atoms with Gasteiger partial charge in [0.25, 0.3) is 0 Å². The number of carbonyl (C=O) groups is 1. The molecule has 0 atom stereocenters. The van der Waals surface area contributed by atoms with Crippen LogP contribution in [-0.2, 0) is 11.2 Å². The van der Waals surface area contributed by atoms with E-state index in [4.69, 9.17) is 4.74 Å². The molecule has 1 saturated carbocycles. The second kappa shape index (κ2) is 9.11. The molecule has 0 unspecified atom stereocenters. The van der Waals surface area contributed by atoms with E-state index in [1.807, 2.05) is 19.9 Å². The summed E-state index contributed by atoms with van der Waals surface area (Å²) >= 11 is 0. The van der Waals surface area contributed by atoms with Crippen molar-refractivity contribution in [1.29, 1.82) is 0 Å². The van der Waals surface area contributed by atoms with Gasteiger partial charge in [-0.15, -0.1) is 0 Å². The van der Waals surface area contributed by atoms with Crippen LogP contribution in [0.25, 0.3) is 6.08 Å². The van der Waals surface area contributed by atoms with E-state index in [1.165, 1.54) is 6.07 Å². The van der Waals surface area contributed by atoms with Gasteiger partial charge in [-0.1, -0.05) is 32.6 Å². The van der Waals surface area contributed by atoms with Crippen LogP contribution in [0.1, 0.15) is 50.7 Å². The Kier molecular flexibility index (Phi) is 7.11. The van der Waals surface area contributed by atoms with Gasteiger partial charge in [-0.2, -0.15) is 0 Å². The standard InChI is InChI=1S/C19H20F3NO2.C2H6/c1-2-16(24)23-15-11-13(18-14(17(15)20)7-10-25-18)4-3-12-5-8-19(21,22)9-6-12;1-2/h2-4,11-12H,1,5-10H2,(H,23,24);1-2H3/b4-3+;. The quantitative estimate of drug-likeness (QED) is 0.675. The van der Waals surface area contributed by atoms with Gasteiger partial charge in [0.05, 0.1) is 12.3 Å². The largest absolute Gasteiger partial charge is 0.492 e. The molecule has 1 N–H and O–H groups in total. The van der Waals surface area contributed by atoms with Gasteiger partial charge in [-0.25, -0.2) is 13.2 Å². The number of rotatable bonds is 4. The van der Waals surface area contributed by atoms with Crippen LogP contribution in [0.15, 0.2) is 24.8 Å². The number of ether oxygens (including phenoxy) is 1. The molecule has 2 aliphatic rings. The maximum absolute atomic E-state index is 14.5. The molecule has 0 aromatic heterocycles. The predicted octanol–water partition coefficient (Wildman–Crippen LogP) is 5.75. The third-order valence-corrected chi connectivity index (χ3v) is 4.69. The number of allylic oxidation sites excluding steroid dienone is 1. The third-order valence-electron chi connectivity index (χ3n) is 4.69. The maximum atomic E-state index is 14.5. The summed E-state index contributed by atoms with van der Waals surface area (Å²) in [5.74, 6) is -3.04. The van der Waals surface area contributed by atoms with Gasteiger partial charge in [0.15, 0.2) is 5.82 Å². The Hall–Kier alpha value is -2.24. The molecular formula is C21H26F3NO2. The monoisotopic (exact) mass is 381 g/mol. The third kappa shape index (κ3) is 5.15. The van der Waals surface area contributed by atoms with Crippen molar-refractivity contribution in [2.24, 2.45) is 5.92 Å². The van der Waals surface area contributed by atoms with Crippen LogP contribution in [0.2, 0.25) is 0 Å². The molecule has 0 saturated heterocycles. The lowest BCUT2D eigenvalue weighted by atomic mass is 9.86. The first-order valence-corrected chi connectivity index (χ1v) is 9.37. The van der Waals surface area contributed by atoms with E-state index in [0.717, 1.165) is 6.08 Å². The number of halogens is 3. The Bertz CT molecular complexity index is 719. The molecule has 1 amide bonds. The van der Waals surface area contributed by atoms with Gasteiger partial charge in [-0.3, -0.25) is 4.79 Å². The molecular weight excluding hydrogens is 355 g/mol. The van der Waals surface area contributed by atoms with E-state index < -0.39 is 17.6 Å². The van der Waals surface area contributed by atoms with Crippen LogP contribution in [-0.4, -0.2) is 18.4 Å². The summed E-state index contributed by atoms with van der Waals surface area (Å²) in [5.41, 5.74) is 1.14. The molecule has 1 heterocycles. The van der Waals surface area contributed by atoms with Crippen molar-refractivity contribution in [3.05, 3.63) is 41.7 Å². The van der Waals surface area contributed by atoms with E-state index in [9.17, 15) is 18.0 Å². The van der Waals surface area contributed by atoms with Gasteiger partial charge >= 0.3 is 0 Å². The van der Waals surface area contributed by atoms with E-state index in [1.54, 1.807) is 6.08 Å². The molecule has 0 spiro atoms. The average molecular weight is 381 g/mol. The number of amides is 1. The summed E-state index contributed by atoms with van der Waals surface area (Å²) in [7, 11) is 0. The molecule has 0 radical (unpaired) electrons. The van der Waals surface area contributed by atoms with E-state index in [2.05, 4.69) is 11.9 Å². The Morgan fingerprint density at radius 3 is 2.63 bits per heavy atom. The Labute approximate surface area is 158 Å². The number of nitrogens with one attached hydrogen (secondary N) is 1. The number of alkyl halides is 2. The molecule has 1 fully saturated rings. The first-order valence-electron chi connectivity index (χ1n) is 9.37. The van der Waals surface area contributed by atoms with E-state index in [0.29, 0.717) is 42.7 Å². The molecule has 1 aliphatic carbocycles. The predicted molar refractivity (Wildman–Crippen MR) is 102 cm³/mol. The van der Waals surface area contributed by atoms with E-state index >= 15 is 0 Å². The van der Waals surface area contributed by atoms with Gasteiger partial charge < -0.3 is 10.1 Å². The van der Waals surface area contributed by atoms with Crippen molar-refractivity contribution in [2.45, 2.75) is 51.9 Å². The zero-order valence-electron chi connectivity index (χ0n) is 15.8. The smallest absolute Gasteiger partial charge is 0.248 e. The number of hydrogen-bond donors (Lipinski definition) is 1. The minimum absolute atomic E-state index is 0.0629. The highest BCUT2D eigenvalue weighted by molar-refractivity contribution is 5.99. The first-order chi connectivity index (χ1) is 12.9. The summed E-state index contributed by atoms with van der Waals surface area (Å²) in [6.45, 7) is 7.73. The Morgan fingerprint density at radius 2 is 2.00 bits per heavy atom. The van der Waals surface area contributed by atoms with Crippen LogP contribution in [0.5, 0.6) is 5.75 Å². The van der Waals surface area contributed by atoms with Crippen LogP contribution >= 0.6 is 0 Å². The summed E-state index contributed by atoms with van der Waals surface area (Å²) in [6.07, 6.45) is 5.78. The average Bonchev–Trinajstić information content (AvgIpc) is 3.16. The summed E-state index contributed by atoms with van der Waals surface area (Å²) in [6, 6.07) is 1.51. The summed E-state index contributed by atoms with van der Waals surface area (Å²) in [4.78, 5) is 11.5. The fourth-order valence-electron chi connectivity index (χ4n) is 3.26. The maximum Gasteiger partial charge on any atom is 0.248 e. The van der Waals surface area contributed by atoms with Gasteiger partial charge in [-0.05, 0) is 30.9 Å². The molecule has 1 aromatic carbocycles. The number of carbonyl (C=O) groups excluding carboxylic acids is 1. The molecule has 0 bridgehead atoms. The topological polar surface area (TPSA) is 38.3 Å².